The SMILES string of the molecule is CCc1cnc(NCCC#N)nc1CN(CC)C(=O)N[C@H](CO)c1ccccc1. The molecule has 0 saturated heterocycles. The minimum absolute atomic E-state index is 0.187. The Morgan fingerprint density at radius 2 is 2.07 bits per heavy atom. The van der Waals surface area contributed by atoms with Crippen LogP contribution in [-0.2, 0) is 13.0 Å². The maximum Gasteiger partial charge on any atom is 0.318 e. The number of nitrogens with zero attached hydrogens (tertiary/aromatic N) is 4. The third-order valence-electron chi connectivity index (χ3n) is 4.55. The first-order chi connectivity index (χ1) is 14.1. The van der Waals surface area contributed by atoms with Gasteiger partial charge in [0.05, 0.1) is 37.4 Å². The standard InChI is InChI=1S/C21H28N6O2/c1-3-16-13-24-20(23-12-8-11-22)25-18(16)14-27(4-2)21(29)26-19(15-28)17-9-6-5-7-10-17/h5-7,9-10,13,19,28H,3-4,8,12,14-15H2,1-2H3,(H,26,29)(H,23,24,25)/t19-/m1/s1. The van der Waals surface area contributed by atoms with Crippen molar-refractivity contribution in [1.82, 2.24) is 20.2 Å². The van der Waals surface area contributed by atoms with Crippen LogP contribution in [0.4, 0.5) is 10.7 Å². The van der Waals surface area contributed by atoms with Crippen LogP contribution in [-0.4, -0.2) is 45.7 Å². The van der Waals surface area contributed by atoms with Crippen molar-refractivity contribution in [3.8, 4) is 6.07 Å². The number of carbonyl (C=O) groups is 1. The molecule has 0 fully saturated rings. The third-order valence-corrected chi connectivity index (χ3v) is 4.55. The Morgan fingerprint density at radius 1 is 1.31 bits per heavy atom. The fourth-order valence-electron chi connectivity index (χ4n) is 2.86. The Bertz CT molecular complexity index is 822. The van der Waals surface area contributed by atoms with E-state index < -0.39 is 6.04 Å². The number of anilines is 1. The molecule has 0 aliphatic rings. The summed E-state index contributed by atoms with van der Waals surface area (Å²) < 4.78 is 0. The van der Waals surface area contributed by atoms with Crippen LogP contribution >= 0.6 is 0 Å². The van der Waals surface area contributed by atoms with E-state index in [1.165, 1.54) is 0 Å². The molecular formula is C21H28N6O2. The predicted octanol–water partition coefficient (Wildman–Crippen LogP) is 2.63. The van der Waals surface area contributed by atoms with Crippen molar-refractivity contribution >= 4 is 12.0 Å². The summed E-state index contributed by atoms with van der Waals surface area (Å²) in [5, 5.41) is 24.3. The molecule has 1 atom stereocenters. The molecule has 8 heteroatoms. The molecule has 1 aromatic carbocycles. The highest BCUT2D eigenvalue weighted by molar-refractivity contribution is 5.74. The third kappa shape index (κ3) is 6.43. The van der Waals surface area contributed by atoms with Crippen LogP contribution < -0.4 is 10.6 Å². The number of aromatic nitrogens is 2. The van der Waals surface area contributed by atoms with Crippen molar-refractivity contribution in [2.45, 2.75) is 39.3 Å². The minimum atomic E-state index is -0.475. The number of rotatable bonds is 10. The molecule has 2 aromatic rings. The molecule has 2 rings (SSSR count). The quantitative estimate of drug-likeness (QED) is 0.532. The lowest BCUT2D eigenvalue weighted by molar-refractivity contribution is 0.181. The van der Waals surface area contributed by atoms with E-state index in [0.29, 0.717) is 32.0 Å². The average molecular weight is 396 g/mol. The molecule has 0 radical (unpaired) electrons. The number of aryl methyl sites for hydroxylation is 1. The first kappa shape index (κ1) is 22.1. The van der Waals surface area contributed by atoms with E-state index in [0.717, 1.165) is 23.2 Å². The van der Waals surface area contributed by atoms with E-state index in [2.05, 4.69) is 26.7 Å². The minimum Gasteiger partial charge on any atom is -0.394 e. The first-order valence-electron chi connectivity index (χ1n) is 9.79. The van der Waals surface area contributed by atoms with Gasteiger partial charge >= 0.3 is 6.03 Å². The number of aliphatic hydroxyl groups excluding tert-OH is 1. The Morgan fingerprint density at radius 3 is 2.69 bits per heavy atom. The Hall–Kier alpha value is -3.18. The molecule has 0 unspecified atom stereocenters. The van der Waals surface area contributed by atoms with Gasteiger partial charge in [0.25, 0.3) is 0 Å². The molecule has 8 nitrogen and oxygen atoms in total. The van der Waals surface area contributed by atoms with Gasteiger partial charge in [-0.1, -0.05) is 37.3 Å². The zero-order valence-electron chi connectivity index (χ0n) is 16.9. The molecule has 29 heavy (non-hydrogen) atoms. The monoisotopic (exact) mass is 396 g/mol. The summed E-state index contributed by atoms with van der Waals surface area (Å²) in [5.41, 5.74) is 2.57. The van der Waals surface area contributed by atoms with Crippen LogP contribution in [0.15, 0.2) is 36.5 Å². The molecule has 0 bridgehead atoms. The molecule has 1 aromatic heterocycles. The Kier molecular flexibility index (Phi) is 8.86. The van der Waals surface area contributed by atoms with Gasteiger partial charge in [-0.25, -0.2) is 14.8 Å². The lowest BCUT2D eigenvalue weighted by Gasteiger charge is -2.25. The molecule has 0 aliphatic carbocycles. The van der Waals surface area contributed by atoms with Crippen molar-refractivity contribution in [3.05, 3.63) is 53.3 Å². The number of hydrogen-bond donors (Lipinski definition) is 3. The van der Waals surface area contributed by atoms with Crippen molar-refractivity contribution in [1.29, 1.82) is 5.26 Å². The molecule has 2 amide bonds. The first-order valence-corrected chi connectivity index (χ1v) is 9.79. The van der Waals surface area contributed by atoms with Gasteiger partial charge in [-0.2, -0.15) is 5.26 Å². The predicted molar refractivity (Wildman–Crippen MR) is 111 cm³/mol. The van der Waals surface area contributed by atoms with E-state index in [9.17, 15) is 9.90 Å². The van der Waals surface area contributed by atoms with Crippen LogP contribution in [0.25, 0.3) is 0 Å². The topological polar surface area (TPSA) is 114 Å². The van der Waals surface area contributed by atoms with Gasteiger partial charge in [0, 0.05) is 19.3 Å². The summed E-state index contributed by atoms with van der Waals surface area (Å²) in [5.74, 6) is 0.446. The molecule has 0 saturated carbocycles. The Labute approximate surface area is 171 Å². The van der Waals surface area contributed by atoms with Gasteiger partial charge in [0.2, 0.25) is 5.95 Å². The lowest BCUT2D eigenvalue weighted by atomic mass is 10.1. The van der Waals surface area contributed by atoms with E-state index in [-0.39, 0.29) is 12.6 Å². The summed E-state index contributed by atoms with van der Waals surface area (Å²) in [4.78, 5) is 23.3. The van der Waals surface area contributed by atoms with E-state index in [4.69, 9.17) is 5.26 Å². The van der Waals surface area contributed by atoms with Crippen LogP contribution in [0.1, 0.15) is 43.1 Å². The van der Waals surface area contributed by atoms with Gasteiger partial charge in [-0.05, 0) is 24.5 Å². The van der Waals surface area contributed by atoms with Gasteiger partial charge in [0.1, 0.15) is 0 Å². The molecule has 0 spiro atoms. The lowest BCUT2D eigenvalue weighted by Crippen LogP contribution is -2.42. The van der Waals surface area contributed by atoms with Crippen LogP contribution in [0.5, 0.6) is 0 Å². The van der Waals surface area contributed by atoms with Crippen molar-refractivity contribution < 1.29 is 9.90 Å². The number of urea groups is 1. The summed E-state index contributed by atoms with van der Waals surface area (Å²) in [6.07, 6.45) is 2.86. The normalized spacial score (nSPS) is 11.4. The van der Waals surface area contributed by atoms with Crippen LogP contribution in [0, 0.1) is 11.3 Å². The van der Waals surface area contributed by atoms with Gasteiger partial charge in [-0.15, -0.1) is 0 Å². The molecule has 3 N–H and O–H groups in total. The summed E-state index contributed by atoms with van der Waals surface area (Å²) in [6, 6.07) is 10.7. The zero-order chi connectivity index (χ0) is 21.1. The van der Waals surface area contributed by atoms with Gasteiger partial charge in [0.15, 0.2) is 0 Å². The summed E-state index contributed by atoms with van der Waals surface area (Å²) in [6.45, 7) is 5.01. The fourth-order valence-corrected chi connectivity index (χ4v) is 2.86. The smallest absolute Gasteiger partial charge is 0.318 e. The van der Waals surface area contributed by atoms with Crippen molar-refractivity contribution in [2.24, 2.45) is 0 Å². The number of carbonyl (C=O) groups excluding carboxylic acids is 1. The number of aliphatic hydroxyl groups is 1. The maximum atomic E-state index is 12.8. The second-order valence-corrected chi connectivity index (χ2v) is 6.46. The summed E-state index contributed by atoms with van der Waals surface area (Å²) >= 11 is 0. The zero-order valence-corrected chi connectivity index (χ0v) is 16.9. The fraction of sp³-hybridized carbons (Fsp3) is 0.429. The number of amides is 2. The number of hydrogen-bond acceptors (Lipinski definition) is 6. The van der Waals surface area contributed by atoms with E-state index in [1.54, 1.807) is 11.1 Å². The number of benzene rings is 1. The molecule has 1 heterocycles. The molecular weight excluding hydrogens is 368 g/mol. The van der Waals surface area contributed by atoms with Crippen LogP contribution in [0.3, 0.4) is 0 Å². The number of nitriles is 1. The largest absolute Gasteiger partial charge is 0.394 e. The van der Waals surface area contributed by atoms with Gasteiger partial charge < -0.3 is 20.6 Å². The van der Waals surface area contributed by atoms with Crippen molar-refractivity contribution in [2.75, 3.05) is 25.0 Å². The highest BCUT2D eigenvalue weighted by Gasteiger charge is 2.19. The highest BCUT2D eigenvalue weighted by atomic mass is 16.3. The van der Waals surface area contributed by atoms with Crippen molar-refractivity contribution in [3.63, 3.8) is 0 Å². The second kappa shape index (κ2) is 11.6. The average Bonchev–Trinajstić information content (AvgIpc) is 2.76. The highest BCUT2D eigenvalue weighted by Crippen LogP contribution is 2.15. The molecule has 154 valence electrons. The Balaban J connectivity index is 2.12. The maximum absolute atomic E-state index is 12.8. The van der Waals surface area contributed by atoms with Gasteiger partial charge in [-0.3, -0.25) is 0 Å². The van der Waals surface area contributed by atoms with E-state index in [1.807, 2.05) is 44.2 Å². The summed E-state index contributed by atoms with van der Waals surface area (Å²) in [7, 11) is 0. The molecule has 0 aliphatic heterocycles. The van der Waals surface area contributed by atoms with E-state index >= 15 is 0 Å². The number of nitrogens with one attached hydrogen (secondary N) is 2. The second-order valence-electron chi connectivity index (χ2n) is 6.46. The van der Waals surface area contributed by atoms with Crippen LogP contribution in [0.2, 0.25) is 0 Å².